The first-order valence-corrected chi connectivity index (χ1v) is 9.27. The standard InChI is InChI=1S/C21H25BrO5/c1-5-6-14-7-8-16(27-13-24-2)9-15(14)10-19(23)17-11-20(25-3)21(26-4)12-18(17)22/h5,7-9,11-12,19,23H,1,6,10,13H2,2-4H3/t19-/m0/s1. The van der Waals surface area contributed by atoms with Crippen LogP contribution in [0.15, 0.2) is 47.5 Å². The quantitative estimate of drug-likeness (QED) is 0.440. The van der Waals surface area contributed by atoms with Crippen LogP contribution in [0.3, 0.4) is 0 Å². The number of benzene rings is 2. The Morgan fingerprint density at radius 1 is 1.07 bits per heavy atom. The van der Waals surface area contributed by atoms with Crippen molar-refractivity contribution in [1.82, 2.24) is 0 Å². The van der Waals surface area contributed by atoms with Gasteiger partial charge in [-0.2, -0.15) is 0 Å². The van der Waals surface area contributed by atoms with Crippen molar-refractivity contribution < 1.29 is 24.1 Å². The van der Waals surface area contributed by atoms with Crippen molar-refractivity contribution in [2.75, 3.05) is 28.1 Å². The summed E-state index contributed by atoms with van der Waals surface area (Å²) in [7, 11) is 4.72. The van der Waals surface area contributed by atoms with Gasteiger partial charge in [0.05, 0.1) is 20.3 Å². The van der Waals surface area contributed by atoms with E-state index in [-0.39, 0.29) is 6.79 Å². The molecule has 6 heteroatoms. The maximum Gasteiger partial charge on any atom is 0.188 e. The number of hydrogen-bond acceptors (Lipinski definition) is 5. The molecule has 0 radical (unpaired) electrons. The number of aliphatic hydroxyl groups excluding tert-OH is 1. The van der Waals surface area contributed by atoms with E-state index in [0.29, 0.717) is 30.1 Å². The number of methoxy groups -OCH3 is 3. The molecule has 0 bridgehead atoms. The molecule has 146 valence electrons. The van der Waals surface area contributed by atoms with E-state index >= 15 is 0 Å². The van der Waals surface area contributed by atoms with Gasteiger partial charge in [0.1, 0.15) is 5.75 Å². The second-order valence-corrected chi connectivity index (χ2v) is 6.78. The molecular formula is C21H25BrO5. The van der Waals surface area contributed by atoms with Crippen LogP contribution < -0.4 is 14.2 Å². The minimum Gasteiger partial charge on any atom is -0.493 e. The molecule has 0 amide bonds. The maximum atomic E-state index is 10.9. The summed E-state index contributed by atoms with van der Waals surface area (Å²) in [5.41, 5.74) is 2.79. The molecule has 0 spiro atoms. The minimum absolute atomic E-state index is 0.171. The van der Waals surface area contributed by atoms with E-state index in [0.717, 1.165) is 21.2 Å². The van der Waals surface area contributed by atoms with Gasteiger partial charge < -0.3 is 24.1 Å². The van der Waals surface area contributed by atoms with Crippen molar-refractivity contribution in [1.29, 1.82) is 0 Å². The van der Waals surface area contributed by atoms with Gasteiger partial charge in [0, 0.05) is 18.0 Å². The maximum absolute atomic E-state index is 10.9. The number of hydrogen-bond donors (Lipinski definition) is 1. The Morgan fingerprint density at radius 3 is 2.41 bits per heavy atom. The van der Waals surface area contributed by atoms with Crippen LogP contribution in [-0.4, -0.2) is 33.2 Å². The highest BCUT2D eigenvalue weighted by Crippen LogP contribution is 2.37. The van der Waals surface area contributed by atoms with E-state index in [1.54, 1.807) is 33.5 Å². The van der Waals surface area contributed by atoms with Gasteiger partial charge in [-0.3, -0.25) is 0 Å². The molecule has 0 aromatic heterocycles. The van der Waals surface area contributed by atoms with Gasteiger partial charge in [-0.1, -0.05) is 28.1 Å². The Hall–Kier alpha value is -2.02. The van der Waals surface area contributed by atoms with Crippen molar-refractivity contribution in [3.8, 4) is 17.2 Å². The average Bonchev–Trinajstić information content (AvgIpc) is 2.67. The summed E-state index contributed by atoms with van der Waals surface area (Å²) in [4.78, 5) is 0. The molecular weight excluding hydrogens is 412 g/mol. The monoisotopic (exact) mass is 436 g/mol. The van der Waals surface area contributed by atoms with Crippen molar-refractivity contribution in [3.63, 3.8) is 0 Å². The molecule has 0 saturated carbocycles. The summed E-state index contributed by atoms with van der Waals surface area (Å²) in [6.07, 6.45) is 2.23. The second kappa shape index (κ2) is 10.3. The first-order chi connectivity index (χ1) is 13.0. The van der Waals surface area contributed by atoms with Gasteiger partial charge in [-0.25, -0.2) is 0 Å². The number of ether oxygens (including phenoxy) is 4. The Morgan fingerprint density at radius 2 is 1.78 bits per heavy atom. The van der Waals surface area contributed by atoms with Crippen LogP contribution in [0.4, 0.5) is 0 Å². The van der Waals surface area contributed by atoms with Crippen LogP contribution in [0, 0.1) is 0 Å². The topological polar surface area (TPSA) is 57.2 Å². The van der Waals surface area contributed by atoms with Crippen LogP contribution in [0.25, 0.3) is 0 Å². The third kappa shape index (κ3) is 5.48. The summed E-state index contributed by atoms with van der Waals surface area (Å²) < 4.78 is 21.9. The zero-order valence-electron chi connectivity index (χ0n) is 15.8. The fourth-order valence-electron chi connectivity index (χ4n) is 2.81. The molecule has 0 heterocycles. The number of allylic oxidation sites excluding steroid dienone is 1. The molecule has 0 fully saturated rings. The van der Waals surface area contributed by atoms with Crippen LogP contribution in [-0.2, 0) is 17.6 Å². The van der Waals surface area contributed by atoms with E-state index in [9.17, 15) is 5.11 Å². The lowest BCUT2D eigenvalue weighted by Crippen LogP contribution is -2.07. The molecule has 0 saturated heterocycles. The van der Waals surface area contributed by atoms with Crippen molar-refractivity contribution in [2.45, 2.75) is 18.9 Å². The summed E-state index contributed by atoms with van der Waals surface area (Å²) in [5, 5.41) is 10.9. The van der Waals surface area contributed by atoms with Gasteiger partial charge in [0.2, 0.25) is 0 Å². The first-order valence-electron chi connectivity index (χ1n) is 8.47. The van der Waals surface area contributed by atoms with Crippen molar-refractivity contribution >= 4 is 15.9 Å². The summed E-state index contributed by atoms with van der Waals surface area (Å²) in [6.45, 7) is 3.98. The van der Waals surface area contributed by atoms with Gasteiger partial charge in [0.25, 0.3) is 0 Å². The summed E-state index contributed by atoms with van der Waals surface area (Å²) in [6, 6.07) is 9.38. The van der Waals surface area contributed by atoms with E-state index in [2.05, 4.69) is 22.5 Å². The van der Waals surface area contributed by atoms with Gasteiger partial charge in [-0.05, 0) is 47.4 Å². The van der Waals surface area contributed by atoms with Crippen LogP contribution in [0.1, 0.15) is 22.8 Å². The van der Waals surface area contributed by atoms with Gasteiger partial charge >= 0.3 is 0 Å². The van der Waals surface area contributed by atoms with Crippen molar-refractivity contribution in [2.24, 2.45) is 0 Å². The highest BCUT2D eigenvalue weighted by Gasteiger charge is 2.18. The van der Waals surface area contributed by atoms with E-state index in [4.69, 9.17) is 18.9 Å². The van der Waals surface area contributed by atoms with E-state index in [1.807, 2.05) is 24.3 Å². The molecule has 1 N–H and O–H groups in total. The Bertz CT molecular complexity index is 775. The molecule has 0 aliphatic rings. The fraction of sp³-hybridized carbons (Fsp3) is 0.333. The first kappa shape index (κ1) is 21.3. The third-order valence-electron chi connectivity index (χ3n) is 4.16. The van der Waals surface area contributed by atoms with Crippen LogP contribution in [0.2, 0.25) is 0 Å². The lowest BCUT2D eigenvalue weighted by molar-refractivity contribution is 0.0510. The Labute approximate surface area is 168 Å². The Balaban J connectivity index is 2.33. The zero-order valence-corrected chi connectivity index (χ0v) is 17.4. The molecule has 2 aromatic carbocycles. The fourth-order valence-corrected chi connectivity index (χ4v) is 3.39. The average molecular weight is 437 g/mol. The van der Waals surface area contributed by atoms with E-state index < -0.39 is 6.10 Å². The number of halogens is 1. The molecule has 0 unspecified atom stereocenters. The largest absolute Gasteiger partial charge is 0.493 e. The number of aliphatic hydroxyl groups is 1. The SMILES string of the molecule is C=CCc1ccc(OCOC)cc1C[C@H](O)c1cc(OC)c(OC)cc1Br. The van der Waals surface area contributed by atoms with Crippen LogP contribution >= 0.6 is 15.9 Å². The molecule has 1 atom stereocenters. The third-order valence-corrected chi connectivity index (χ3v) is 4.85. The normalized spacial score (nSPS) is 11.7. The molecule has 27 heavy (non-hydrogen) atoms. The minimum atomic E-state index is -0.736. The lowest BCUT2D eigenvalue weighted by Gasteiger charge is -2.18. The summed E-state index contributed by atoms with van der Waals surface area (Å²) in [5.74, 6) is 1.86. The Kier molecular flexibility index (Phi) is 8.16. The number of rotatable bonds is 10. The van der Waals surface area contributed by atoms with Crippen LogP contribution in [0.5, 0.6) is 17.2 Å². The smallest absolute Gasteiger partial charge is 0.188 e. The zero-order chi connectivity index (χ0) is 19.8. The van der Waals surface area contributed by atoms with Gasteiger partial charge in [0.15, 0.2) is 18.3 Å². The van der Waals surface area contributed by atoms with Gasteiger partial charge in [-0.15, -0.1) is 6.58 Å². The molecule has 5 nitrogen and oxygen atoms in total. The molecule has 0 aliphatic heterocycles. The second-order valence-electron chi connectivity index (χ2n) is 5.92. The highest BCUT2D eigenvalue weighted by molar-refractivity contribution is 9.10. The molecule has 2 rings (SSSR count). The molecule has 0 aliphatic carbocycles. The predicted molar refractivity (Wildman–Crippen MR) is 109 cm³/mol. The van der Waals surface area contributed by atoms with E-state index in [1.165, 1.54) is 0 Å². The highest BCUT2D eigenvalue weighted by atomic mass is 79.9. The predicted octanol–water partition coefficient (Wildman–Crippen LogP) is 4.45. The van der Waals surface area contributed by atoms with Crippen molar-refractivity contribution in [3.05, 3.63) is 64.1 Å². The molecule has 2 aromatic rings. The lowest BCUT2D eigenvalue weighted by atomic mass is 9.95. The summed E-state index contributed by atoms with van der Waals surface area (Å²) >= 11 is 3.51.